The van der Waals surface area contributed by atoms with Crippen LogP contribution in [-0.2, 0) is 17.5 Å². The Morgan fingerprint density at radius 3 is 2.48 bits per heavy atom. The van der Waals surface area contributed by atoms with Gasteiger partial charge in [-0.1, -0.05) is 30.3 Å². The predicted molar refractivity (Wildman–Crippen MR) is 107 cm³/mol. The second kappa shape index (κ2) is 8.98. The molecule has 2 aromatic carbocycles. The predicted octanol–water partition coefficient (Wildman–Crippen LogP) is 4.09. The summed E-state index contributed by atoms with van der Waals surface area (Å²) in [6.45, 7) is 3.58. The van der Waals surface area contributed by atoms with Gasteiger partial charge in [-0.05, 0) is 37.6 Å². The van der Waals surface area contributed by atoms with Crippen molar-refractivity contribution >= 4 is 22.6 Å². The van der Waals surface area contributed by atoms with E-state index in [0.29, 0.717) is 13.0 Å². The molecule has 1 heterocycles. The van der Waals surface area contributed by atoms with Crippen molar-refractivity contribution in [2.24, 2.45) is 0 Å². The number of carbonyl (C=O) groups excluding carboxylic acids is 1. The summed E-state index contributed by atoms with van der Waals surface area (Å²) in [5.74, 6) is -1.53. The maximum absolute atomic E-state index is 13.3. The molecule has 0 bridgehead atoms. The number of nitrogens with zero attached hydrogens (tertiary/aromatic N) is 3. The van der Waals surface area contributed by atoms with Crippen molar-refractivity contribution in [1.29, 1.82) is 0 Å². The number of hydrogen-bond acceptors (Lipinski definition) is 3. The lowest BCUT2D eigenvalue weighted by Gasteiger charge is -2.23. The van der Waals surface area contributed by atoms with Crippen LogP contribution in [0.15, 0.2) is 54.6 Å². The number of rotatable bonds is 8. The molecule has 1 aromatic heterocycles. The van der Waals surface area contributed by atoms with Crippen molar-refractivity contribution in [3.05, 3.63) is 60.4 Å². The molecule has 5 nitrogen and oxygen atoms in total. The number of amides is 1. The zero-order valence-corrected chi connectivity index (χ0v) is 16.1. The van der Waals surface area contributed by atoms with Gasteiger partial charge >= 0.3 is 6.18 Å². The van der Waals surface area contributed by atoms with Crippen LogP contribution in [-0.4, -0.2) is 35.1 Å². The number of imidazole rings is 1. The highest BCUT2D eigenvalue weighted by molar-refractivity contribution is 5.81. The molecule has 0 aliphatic rings. The van der Waals surface area contributed by atoms with Gasteiger partial charge in [0.2, 0.25) is 11.7 Å². The van der Waals surface area contributed by atoms with Gasteiger partial charge in [-0.3, -0.25) is 4.79 Å². The Morgan fingerprint density at radius 2 is 1.79 bits per heavy atom. The summed E-state index contributed by atoms with van der Waals surface area (Å²) >= 11 is 0. The van der Waals surface area contributed by atoms with E-state index >= 15 is 0 Å². The van der Waals surface area contributed by atoms with Crippen LogP contribution in [0.5, 0.6) is 0 Å². The average molecular weight is 404 g/mol. The van der Waals surface area contributed by atoms with Crippen molar-refractivity contribution in [2.75, 3.05) is 24.5 Å². The zero-order chi connectivity index (χ0) is 20.9. The van der Waals surface area contributed by atoms with Gasteiger partial charge in [0.25, 0.3) is 0 Å². The Labute approximate surface area is 167 Å². The number of para-hydroxylation sites is 3. The topological polar surface area (TPSA) is 50.2 Å². The minimum atomic E-state index is -4.63. The van der Waals surface area contributed by atoms with Crippen LogP contribution in [0.25, 0.3) is 11.0 Å². The molecular formula is C21H23F3N4O. The SMILES string of the molecule is CCN(CCCNC(=O)Cn1c(C(F)(F)F)nc2ccccc21)c1ccccc1. The summed E-state index contributed by atoms with van der Waals surface area (Å²) in [6, 6.07) is 16.2. The highest BCUT2D eigenvalue weighted by atomic mass is 19.4. The van der Waals surface area contributed by atoms with Crippen LogP contribution in [0.3, 0.4) is 0 Å². The number of aromatic nitrogens is 2. The number of anilines is 1. The molecule has 1 amide bonds. The summed E-state index contributed by atoms with van der Waals surface area (Å²) in [4.78, 5) is 18.1. The molecule has 1 N–H and O–H groups in total. The highest BCUT2D eigenvalue weighted by Crippen LogP contribution is 2.31. The Balaban J connectivity index is 1.59. The van der Waals surface area contributed by atoms with Crippen LogP contribution in [0.2, 0.25) is 0 Å². The molecule has 0 saturated heterocycles. The zero-order valence-electron chi connectivity index (χ0n) is 16.1. The van der Waals surface area contributed by atoms with E-state index in [1.165, 1.54) is 12.1 Å². The number of alkyl halides is 3. The number of benzene rings is 2. The fraction of sp³-hybridized carbons (Fsp3) is 0.333. The summed E-state index contributed by atoms with van der Waals surface area (Å²) < 4.78 is 40.9. The Bertz CT molecular complexity index is 953. The van der Waals surface area contributed by atoms with Crippen molar-refractivity contribution in [1.82, 2.24) is 14.9 Å². The van der Waals surface area contributed by atoms with Gasteiger partial charge in [0, 0.05) is 25.3 Å². The number of halogens is 3. The maximum atomic E-state index is 13.3. The van der Waals surface area contributed by atoms with Crippen LogP contribution >= 0.6 is 0 Å². The van der Waals surface area contributed by atoms with E-state index in [1.807, 2.05) is 30.3 Å². The molecule has 0 saturated carbocycles. The Hall–Kier alpha value is -3.03. The fourth-order valence-corrected chi connectivity index (χ4v) is 3.26. The lowest BCUT2D eigenvalue weighted by atomic mass is 10.2. The lowest BCUT2D eigenvalue weighted by Crippen LogP contribution is -2.32. The largest absolute Gasteiger partial charge is 0.449 e. The monoisotopic (exact) mass is 404 g/mol. The van der Waals surface area contributed by atoms with Crippen LogP contribution in [0.4, 0.5) is 18.9 Å². The quantitative estimate of drug-likeness (QED) is 0.576. The summed E-state index contributed by atoms with van der Waals surface area (Å²) in [5, 5.41) is 2.71. The summed E-state index contributed by atoms with van der Waals surface area (Å²) in [5.41, 5.74) is 1.60. The molecule has 8 heteroatoms. The van der Waals surface area contributed by atoms with E-state index in [-0.39, 0.29) is 11.0 Å². The van der Waals surface area contributed by atoms with E-state index in [0.717, 1.165) is 23.3 Å². The Kier molecular flexibility index (Phi) is 6.41. The molecule has 0 atom stereocenters. The van der Waals surface area contributed by atoms with Gasteiger partial charge in [0.15, 0.2) is 0 Å². The van der Waals surface area contributed by atoms with Crippen LogP contribution in [0, 0.1) is 0 Å². The van der Waals surface area contributed by atoms with E-state index in [1.54, 1.807) is 12.1 Å². The standard InChI is InChI=1S/C21H23F3N4O/c1-2-27(16-9-4-3-5-10-16)14-8-13-25-19(29)15-28-18-12-7-6-11-17(18)26-20(28)21(22,23)24/h3-7,9-12H,2,8,13-15H2,1H3,(H,25,29). The highest BCUT2D eigenvalue weighted by Gasteiger charge is 2.37. The second-order valence-electron chi connectivity index (χ2n) is 6.63. The fourth-order valence-electron chi connectivity index (χ4n) is 3.26. The third kappa shape index (κ3) is 5.07. The third-order valence-corrected chi connectivity index (χ3v) is 4.64. The molecule has 0 fully saturated rings. The maximum Gasteiger partial charge on any atom is 0.449 e. The first kappa shape index (κ1) is 20.7. The second-order valence-corrected chi connectivity index (χ2v) is 6.63. The van der Waals surface area contributed by atoms with Gasteiger partial charge in [-0.15, -0.1) is 0 Å². The lowest BCUT2D eigenvalue weighted by molar-refractivity contribution is -0.147. The van der Waals surface area contributed by atoms with Crippen molar-refractivity contribution in [2.45, 2.75) is 26.1 Å². The van der Waals surface area contributed by atoms with Crippen LogP contribution in [0.1, 0.15) is 19.2 Å². The normalized spacial score (nSPS) is 11.6. The Morgan fingerprint density at radius 1 is 1.10 bits per heavy atom. The molecule has 0 spiro atoms. The van der Waals surface area contributed by atoms with E-state index in [2.05, 4.69) is 22.1 Å². The molecule has 154 valence electrons. The minimum absolute atomic E-state index is 0.217. The number of carbonyl (C=O) groups is 1. The third-order valence-electron chi connectivity index (χ3n) is 4.64. The van der Waals surface area contributed by atoms with E-state index in [9.17, 15) is 18.0 Å². The molecule has 0 unspecified atom stereocenters. The summed E-state index contributed by atoms with van der Waals surface area (Å²) in [7, 11) is 0. The van der Waals surface area contributed by atoms with Crippen molar-refractivity contribution in [3.63, 3.8) is 0 Å². The molecule has 0 aliphatic heterocycles. The minimum Gasteiger partial charge on any atom is -0.372 e. The van der Waals surface area contributed by atoms with Crippen LogP contribution < -0.4 is 10.2 Å². The number of nitrogens with one attached hydrogen (secondary N) is 1. The first-order valence-corrected chi connectivity index (χ1v) is 9.49. The first-order chi connectivity index (χ1) is 13.9. The molecule has 3 aromatic rings. The molecule has 0 radical (unpaired) electrons. The molecule has 3 rings (SSSR count). The van der Waals surface area contributed by atoms with Gasteiger partial charge < -0.3 is 14.8 Å². The van der Waals surface area contributed by atoms with E-state index < -0.39 is 24.5 Å². The van der Waals surface area contributed by atoms with E-state index in [4.69, 9.17) is 0 Å². The van der Waals surface area contributed by atoms with Crippen molar-refractivity contribution in [3.8, 4) is 0 Å². The van der Waals surface area contributed by atoms with Gasteiger partial charge in [-0.2, -0.15) is 13.2 Å². The smallest absolute Gasteiger partial charge is 0.372 e. The number of hydrogen-bond donors (Lipinski definition) is 1. The number of fused-ring (bicyclic) bond motifs is 1. The van der Waals surface area contributed by atoms with Gasteiger partial charge in [-0.25, -0.2) is 4.98 Å². The molecule has 29 heavy (non-hydrogen) atoms. The van der Waals surface area contributed by atoms with Gasteiger partial charge in [0.05, 0.1) is 11.0 Å². The average Bonchev–Trinajstić information content (AvgIpc) is 3.08. The molecular weight excluding hydrogens is 381 g/mol. The summed E-state index contributed by atoms with van der Waals surface area (Å²) in [6.07, 6.45) is -3.94. The van der Waals surface area contributed by atoms with Gasteiger partial charge in [0.1, 0.15) is 6.54 Å². The molecule has 0 aliphatic carbocycles. The first-order valence-electron chi connectivity index (χ1n) is 9.49. The van der Waals surface area contributed by atoms with Crippen molar-refractivity contribution < 1.29 is 18.0 Å².